The second kappa shape index (κ2) is 6.77. The van der Waals surface area contributed by atoms with Crippen LogP contribution in [0.4, 0.5) is 23.7 Å². The Bertz CT molecular complexity index is 838. The fourth-order valence-corrected chi connectivity index (χ4v) is 2.96. The van der Waals surface area contributed by atoms with Crippen molar-refractivity contribution in [2.75, 3.05) is 5.32 Å². The molecule has 1 aliphatic heterocycles. The summed E-state index contributed by atoms with van der Waals surface area (Å²) in [5, 5.41) is 15.8. The molecule has 8 heteroatoms. The highest BCUT2D eigenvalue weighted by molar-refractivity contribution is 5.89. The number of alkyl halides is 3. The lowest BCUT2D eigenvalue weighted by Gasteiger charge is -2.42. The average Bonchev–Trinajstić information content (AvgIpc) is 2.58. The van der Waals surface area contributed by atoms with Crippen LogP contribution in [0.25, 0.3) is 0 Å². The molecule has 2 unspecified atom stereocenters. The molecule has 5 nitrogen and oxygen atoms in total. The van der Waals surface area contributed by atoms with Crippen LogP contribution >= 0.6 is 0 Å². The summed E-state index contributed by atoms with van der Waals surface area (Å²) in [5.74, 6) is 0.184. The number of carbonyl (C=O) groups excluding carboxylic acids is 1. The summed E-state index contributed by atoms with van der Waals surface area (Å²) in [7, 11) is 0. The molecule has 2 aromatic rings. The van der Waals surface area contributed by atoms with Crippen molar-refractivity contribution in [3.63, 3.8) is 0 Å². The quantitative estimate of drug-likeness (QED) is 0.735. The maximum Gasteiger partial charge on any atom is 0.416 e. The van der Waals surface area contributed by atoms with Crippen LogP contribution in [0.3, 0.4) is 0 Å². The van der Waals surface area contributed by atoms with Crippen LogP contribution in [-0.4, -0.2) is 22.8 Å². The minimum absolute atomic E-state index is 0.0693. The van der Waals surface area contributed by atoms with Gasteiger partial charge in [0, 0.05) is 11.3 Å². The van der Waals surface area contributed by atoms with Crippen molar-refractivity contribution in [3.8, 4) is 5.75 Å². The van der Waals surface area contributed by atoms with Crippen molar-refractivity contribution in [1.82, 2.24) is 5.32 Å². The van der Waals surface area contributed by atoms with E-state index in [1.54, 1.807) is 44.2 Å². The monoisotopic (exact) mass is 380 g/mol. The van der Waals surface area contributed by atoms with Crippen molar-refractivity contribution in [2.45, 2.75) is 37.8 Å². The minimum atomic E-state index is -4.55. The second-order valence-corrected chi connectivity index (χ2v) is 6.84. The van der Waals surface area contributed by atoms with Gasteiger partial charge in [-0.1, -0.05) is 18.2 Å². The summed E-state index contributed by atoms with van der Waals surface area (Å²) in [5.41, 5.74) is -1.40. The van der Waals surface area contributed by atoms with Crippen molar-refractivity contribution >= 4 is 11.7 Å². The lowest BCUT2D eigenvalue weighted by Crippen LogP contribution is -2.54. The van der Waals surface area contributed by atoms with Gasteiger partial charge in [-0.25, -0.2) is 4.79 Å². The summed E-state index contributed by atoms with van der Waals surface area (Å²) >= 11 is 0. The highest BCUT2D eigenvalue weighted by atomic mass is 19.4. The van der Waals surface area contributed by atoms with E-state index in [2.05, 4.69) is 10.6 Å². The van der Waals surface area contributed by atoms with E-state index in [4.69, 9.17) is 4.74 Å². The van der Waals surface area contributed by atoms with Crippen LogP contribution < -0.4 is 15.4 Å². The molecule has 1 aliphatic rings. The van der Waals surface area contributed by atoms with Gasteiger partial charge in [0.1, 0.15) is 17.5 Å². The molecule has 1 heterocycles. The molecule has 3 N–H and O–H groups in total. The standard InChI is InChI=1S/C19H19F3N2O3/c1-18(2)16(25)15(24-17(26)23-12-6-4-3-5-7-12)13-10-11(19(20,21)22)8-9-14(13)27-18/h3-10,15-16,25H,1-2H3,(H2,23,24,26). The van der Waals surface area contributed by atoms with Crippen LogP contribution in [0.2, 0.25) is 0 Å². The van der Waals surface area contributed by atoms with Crippen molar-refractivity contribution in [2.24, 2.45) is 0 Å². The first-order valence-corrected chi connectivity index (χ1v) is 8.29. The van der Waals surface area contributed by atoms with Crippen LogP contribution in [0.5, 0.6) is 5.75 Å². The highest BCUT2D eigenvalue weighted by Gasteiger charge is 2.44. The summed E-state index contributed by atoms with van der Waals surface area (Å²) in [4.78, 5) is 12.3. The van der Waals surface area contributed by atoms with Gasteiger partial charge in [0.05, 0.1) is 11.6 Å². The third-order valence-electron chi connectivity index (χ3n) is 4.39. The van der Waals surface area contributed by atoms with Gasteiger partial charge in [0.15, 0.2) is 0 Å². The van der Waals surface area contributed by atoms with Gasteiger partial charge in [-0.3, -0.25) is 0 Å². The number of anilines is 1. The summed E-state index contributed by atoms with van der Waals surface area (Å²) in [6.45, 7) is 3.20. The molecule has 2 aromatic carbocycles. The van der Waals surface area contributed by atoms with Gasteiger partial charge in [-0.15, -0.1) is 0 Å². The largest absolute Gasteiger partial charge is 0.485 e. The summed E-state index contributed by atoms with van der Waals surface area (Å²) < 4.78 is 44.9. The number of benzene rings is 2. The Morgan fingerprint density at radius 3 is 2.44 bits per heavy atom. The number of carbonyl (C=O) groups is 1. The number of aliphatic hydroxyl groups excluding tert-OH is 1. The minimum Gasteiger partial charge on any atom is -0.485 e. The zero-order valence-corrected chi connectivity index (χ0v) is 14.7. The van der Waals surface area contributed by atoms with Crippen LogP contribution in [0.15, 0.2) is 48.5 Å². The predicted octanol–water partition coefficient (Wildman–Crippen LogP) is 4.10. The number of nitrogens with one attached hydrogen (secondary N) is 2. The molecule has 0 bridgehead atoms. The fraction of sp³-hybridized carbons (Fsp3) is 0.316. The topological polar surface area (TPSA) is 70.6 Å². The zero-order valence-electron chi connectivity index (χ0n) is 14.7. The molecule has 0 aromatic heterocycles. The van der Waals surface area contributed by atoms with Crippen LogP contribution in [-0.2, 0) is 6.18 Å². The van der Waals surface area contributed by atoms with E-state index < -0.39 is 35.5 Å². The SMILES string of the molecule is CC1(C)Oc2ccc(C(F)(F)F)cc2C(NC(=O)Nc2ccccc2)C1O. The number of amides is 2. The Labute approximate surface area is 154 Å². The number of urea groups is 1. The van der Waals surface area contributed by atoms with E-state index in [1.165, 1.54) is 6.07 Å². The molecule has 0 aliphatic carbocycles. The van der Waals surface area contributed by atoms with Gasteiger partial charge in [0.25, 0.3) is 0 Å². The molecule has 2 atom stereocenters. The van der Waals surface area contributed by atoms with E-state index in [-0.39, 0.29) is 11.3 Å². The number of para-hydroxylation sites is 1. The first kappa shape index (κ1) is 19.0. The molecule has 0 spiro atoms. The third-order valence-corrected chi connectivity index (χ3v) is 4.39. The van der Waals surface area contributed by atoms with Crippen LogP contribution in [0, 0.1) is 0 Å². The Balaban J connectivity index is 1.92. The van der Waals surface area contributed by atoms with Gasteiger partial charge in [0.2, 0.25) is 0 Å². The molecule has 0 radical (unpaired) electrons. The molecule has 0 saturated carbocycles. The fourth-order valence-electron chi connectivity index (χ4n) is 2.96. The van der Waals surface area contributed by atoms with Gasteiger partial charge < -0.3 is 20.5 Å². The Hall–Kier alpha value is -2.74. The van der Waals surface area contributed by atoms with Crippen molar-refractivity contribution in [1.29, 1.82) is 0 Å². The highest BCUT2D eigenvalue weighted by Crippen LogP contribution is 2.42. The average molecular weight is 380 g/mol. The first-order valence-electron chi connectivity index (χ1n) is 8.29. The van der Waals surface area contributed by atoms with Crippen molar-refractivity contribution < 1.29 is 27.8 Å². The number of ether oxygens (including phenoxy) is 1. The maximum atomic E-state index is 13.1. The normalized spacial score (nSPS) is 21.0. The molecular weight excluding hydrogens is 361 g/mol. The molecule has 144 valence electrons. The molecular formula is C19H19F3N2O3. The Morgan fingerprint density at radius 2 is 1.81 bits per heavy atom. The van der Waals surface area contributed by atoms with E-state index in [0.29, 0.717) is 5.69 Å². The molecule has 27 heavy (non-hydrogen) atoms. The number of hydrogen-bond donors (Lipinski definition) is 3. The third kappa shape index (κ3) is 4.00. The van der Waals surface area contributed by atoms with E-state index in [9.17, 15) is 23.1 Å². The smallest absolute Gasteiger partial charge is 0.416 e. The van der Waals surface area contributed by atoms with Gasteiger partial charge in [-0.05, 0) is 44.2 Å². The number of hydrogen-bond acceptors (Lipinski definition) is 3. The lowest BCUT2D eigenvalue weighted by molar-refractivity contribution is -0.137. The maximum absolute atomic E-state index is 13.1. The molecule has 0 saturated heterocycles. The zero-order chi connectivity index (χ0) is 19.8. The van der Waals surface area contributed by atoms with Gasteiger partial charge >= 0.3 is 12.2 Å². The number of rotatable bonds is 2. The van der Waals surface area contributed by atoms with Crippen molar-refractivity contribution in [3.05, 3.63) is 59.7 Å². The number of aliphatic hydroxyl groups is 1. The molecule has 3 rings (SSSR count). The second-order valence-electron chi connectivity index (χ2n) is 6.84. The molecule has 0 fully saturated rings. The van der Waals surface area contributed by atoms with E-state index in [0.717, 1.165) is 12.1 Å². The lowest BCUT2D eigenvalue weighted by atomic mass is 9.86. The first-order chi connectivity index (χ1) is 12.6. The molecule has 2 amide bonds. The van der Waals surface area contributed by atoms with Crippen LogP contribution in [0.1, 0.15) is 31.0 Å². The summed E-state index contributed by atoms with van der Waals surface area (Å²) in [6.07, 6.45) is -5.81. The number of fused-ring (bicyclic) bond motifs is 1. The van der Waals surface area contributed by atoms with E-state index >= 15 is 0 Å². The number of halogens is 3. The Morgan fingerprint density at radius 1 is 1.15 bits per heavy atom. The summed E-state index contributed by atoms with van der Waals surface area (Å²) in [6, 6.07) is 9.85. The predicted molar refractivity (Wildman–Crippen MR) is 93.5 cm³/mol. The van der Waals surface area contributed by atoms with E-state index in [1.807, 2.05) is 0 Å². The van der Waals surface area contributed by atoms with Gasteiger partial charge in [-0.2, -0.15) is 13.2 Å². The Kier molecular flexibility index (Phi) is 4.77.